The summed E-state index contributed by atoms with van der Waals surface area (Å²) in [6, 6.07) is 25.2. The number of carbonyl (C=O) groups is 2. The summed E-state index contributed by atoms with van der Waals surface area (Å²) in [6.07, 6.45) is 4.62. The molecule has 3 aromatic heterocycles. The molecular weight excluding hydrogens is 839 g/mol. The fourth-order valence-corrected chi connectivity index (χ4v) is 9.99. The van der Waals surface area contributed by atoms with Gasteiger partial charge >= 0.3 is 0 Å². The number of pyridine rings is 2. The first-order valence-electron chi connectivity index (χ1n) is 19.5. The second-order valence-electron chi connectivity index (χ2n) is 14.4. The highest BCUT2D eigenvalue weighted by Gasteiger charge is 2.28. The van der Waals surface area contributed by atoms with E-state index in [0.717, 1.165) is 51.9 Å². The number of thioether (sulfide) groups is 1. The van der Waals surface area contributed by atoms with E-state index in [1.165, 1.54) is 29.5 Å². The van der Waals surface area contributed by atoms with Crippen LogP contribution in [0.15, 0.2) is 113 Å². The number of nitro groups is 1. The summed E-state index contributed by atoms with van der Waals surface area (Å²) in [5, 5.41) is 19.0. The van der Waals surface area contributed by atoms with Gasteiger partial charge in [-0.1, -0.05) is 47.7 Å². The van der Waals surface area contributed by atoms with Crippen LogP contribution in [-0.4, -0.2) is 96.2 Å². The number of hydrogen-bond donors (Lipinski definition) is 3. The Balaban J connectivity index is 0.950. The second-order valence-corrected chi connectivity index (χ2v) is 18.2. The predicted octanol–water partition coefficient (Wildman–Crippen LogP) is 6.22. The van der Waals surface area contributed by atoms with Crippen molar-refractivity contribution in [2.45, 2.75) is 35.2 Å². The molecule has 1 saturated heterocycles. The first-order valence-corrected chi connectivity index (χ1v) is 22.8. The molecule has 6 aromatic rings. The number of nitrogens with one attached hydrogen (secondary N) is 3. The summed E-state index contributed by atoms with van der Waals surface area (Å²) < 4.78 is 35.6. The van der Waals surface area contributed by atoms with E-state index in [0.29, 0.717) is 61.4 Å². The molecule has 2 amide bonds. The van der Waals surface area contributed by atoms with Crippen LogP contribution in [-0.2, 0) is 27.7 Å². The molecule has 0 radical (unpaired) electrons. The lowest BCUT2D eigenvalue weighted by Crippen LogP contribution is -2.39. The number of morpholine rings is 1. The van der Waals surface area contributed by atoms with Crippen molar-refractivity contribution in [2.75, 3.05) is 60.7 Å². The highest BCUT2D eigenvalue weighted by molar-refractivity contribution is 7.99. The van der Waals surface area contributed by atoms with Gasteiger partial charge in [0.15, 0.2) is 5.13 Å². The SMILES string of the molecule is O=C(NS(=O)(=O)c1ccc(N[C@H](CCN2CCOCC2)CSc2ccccc2)c([N+](=O)[O-])c1)c1cccc(N2CCc3cccc(C(=O)Nc4nc5ccncc5s4)c3C2)n1. The topological polar surface area (TPSA) is 202 Å². The zero-order valence-electron chi connectivity index (χ0n) is 32.7. The fourth-order valence-electron chi connectivity index (χ4n) is 7.19. The fraction of sp³-hybridized carbons (Fsp3) is 0.262. The zero-order valence-corrected chi connectivity index (χ0v) is 35.2. The van der Waals surface area contributed by atoms with Crippen molar-refractivity contribution < 1.29 is 27.7 Å². The van der Waals surface area contributed by atoms with Gasteiger partial charge in [0.25, 0.3) is 27.5 Å². The molecule has 3 N–H and O–H groups in total. The third-order valence-corrected chi connectivity index (χ3v) is 13.8. The molecule has 8 rings (SSSR count). The number of thiazole rings is 1. The van der Waals surface area contributed by atoms with Crippen molar-refractivity contribution >= 4 is 77.5 Å². The van der Waals surface area contributed by atoms with Gasteiger partial charge in [0.2, 0.25) is 0 Å². The number of nitro benzene ring substituents is 1. The quantitative estimate of drug-likeness (QED) is 0.0596. The number of aromatic nitrogens is 3. The molecule has 0 aliphatic carbocycles. The second kappa shape index (κ2) is 18.7. The molecule has 5 heterocycles. The van der Waals surface area contributed by atoms with E-state index in [9.17, 15) is 28.1 Å². The number of sulfonamides is 1. The molecule has 16 nitrogen and oxygen atoms in total. The Hall–Kier alpha value is -5.99. The van der Waals surface area contributed by atoms with E-state index in [1.54, 1.807) is 48.4 Å². The van der Waals surface area contributed by atoms with Gasteiger partial charge in [0.1, 0.15) is 17.2 Å². The average molecular weight is 880 g/mol. The van der Waals surface area contributed by atoms with Gasteiger partial charge in [-0.15, -0.1) is 11.8 Å². The van der Waals surface area contributed by atoms with Gasteiger partial charge in [0.05, 0.1) is 33.2 Å². The van der Waals surface area contributed by atoms with Crippen molar-refractivity contribution in [1.82, 2.24) is 24.6 Å². The van der Waals surface area contributed by atoms with E-state index < -0.39 is 31.4 Å². The molecule has 0 unspecified atom stereocenters. The highest BCUT2D eigenvalue weighted by atomic mass is 32.2. The monoisotopic (exact) mass is 879 g/mol. The standard InChI is InChI=1S/C42H41N9O7S3/c52-40(47-42-46-35-14-17-43-25-38(35)60-42)32-9-4-6-28-15-19-50(26-33(28)32)39-11-5-10-36(45-39)41(53)48-61(56,57)31-12-13-34(37(24-31)51(54)55)44-29(16-18-49-20-22-58-23-21-49)27-59-30-7-2-1-3-8-30/h1-14,17,24-25,29,44H,15-16,18-23,26-27H2,(H,48,53)(H,46,47,52)/t29-/m1/s1. The van der Waals surface area contributed by atoms with Crippen molar-refractivity contribution in [3.63, 3.8) is 0 Å². The Morgan fingerprint density at radius 1 is 0.951 bits per heavy atom. The Bertz CT molecular complexity index is 2640. The minimum absolute atomic E-state index is 0.170. The first kappa shape index (κ1) is 41.7. The van der Waals surface area contributed by atoms with Gasteiger partial charge in [0, 0.05) is 73.4 Å². The van der Waals surface area contributed by atoms with E-state index in [4.69, 9.17) is 4.74 Å². The molecule has 0 saturated carbocycles. The molecule has 3 aromatic carbocycles. The third kappa shape index (κ3) is 10.1. The van der Waals surface area contributed by atoms with Crippen LogP contribution < -0.4 is 20.3 Å². The van der Waals surface area contributed by atoms with Crippen LogP contribution >= 0.6 is 23.1 Å². The summed E-state index contributed by atoms with van der Waals surface area (Å²) in [6.45, 7) is 4.50. The molecule has 0 bridgehead atoms. The first-order chi connectivity index (χ1) is 29.6. The van der Waals surface area contributed by atoms with Gasteiger partial charge in [-0.3, -0.25) is 34.9 Å². The Kier molecular flexibility index (Phi) is 12.8. The number of anilines is 3. The van der Waals surface area contributed by atoms with Gasteiger partial charge < -0.3 is 15.0 Å². The molecule has 2 aliphatic heterocycles. The molecule has 19 heteroatoms. The van der Waals surface area contributed by atoms with Crippen LogP contribution in [0.5, 0.6) is 0 Å². The summed E-state index contributed by atoms with van der Waals surface area (Å²) in [4.78, 5) is 56.7. The molecule has 1 atom stereocenters. The van der Waals surface area contributed by atoms with Crippen LogP contribution in [0.4, 0.5) is 22.3 Å². The van der Waals surface area contributed by atoms with E-state index in [1.807, 2.05) is 52.1 Å². The number of fused-ring (bicyclic) bond motifs is 2. The summed E-state index contributed by atoms with van der Waals surface area (Å²) in [7, 11) is -4.57. The van der Waals surface area contributed by atoms with Crippen LogP contribution in [0, 0.1) is 10.1 Å². The number of nitrogens with zero attached hydrogens (tertiary/aromatic N) is 6. The number of rotatable bonds is 15. The van der Waals surface area contributed by atoms with Crippen LogP contribution in [0.1, 0.15) is 38.4 Å². The average Bonchev–Trinajstić information content (AvgIpc) is 3.69. The van der Waals surface area contributed by atoms with E-state index in [2.05, 4.69) is 30.5 Å². The largest absolute Gasteiger partial charge is 0.379 e. The van der Waals surface area contributed by atoms with Gasteiger partial charge in [-0.2, -0.15) is 0 Å². The summed E-state index contributed by atoms with van der Waals surface area (Å²) in [5.74, 6) is -0.301. The van der Waals surface area contributed by atoms with Crippen molar-refractivity contribution in [3.8, 4) is 0 Å². The minimum atomic E-state index is -4.57. The maximum atomic E-state index is 13.6. The molecule has 1 fully saturated rings. The van der Waals surface area contributed by atoms with Crippen molar-refractivity contribution in [1.29, 1.82) is 0 Å². The molecule has 61 heavy (non-hydrogen) atoms. The smallest absolute Gasteiger partial charge is 0.293 e. The van der Waals surface area contributed by atoms with Crippen molar-refractivity contribution in [3.05, 3.63) is 136 Å². The lowest BCUT2D eigenvalue weighted by molar-refractivity contribution is -0.384. The van der Waals surface area contributed by atoms with Crippen LogP contribution in [0.25, 0.3) is 10.2 Å². The number of amides is 2. The Morgan fingerprint density at radius 3 is 2.57 bits per heavy atom. The Morgan fingerprint density at radius 2 is 1.77 bits per heavy atom. The van der Waals surface area contributed by atoms with Crippen LogP contribution in [0.3, 0.4) is 0 Å². The molecular formula is C42H41N9O7S3. The zero-order chi connectivity index (χ0) is 42.3. The third-order valence-electron chi connectivity index (χ3n) is 10.4. The summed E-state index contributed by atoms with van der Waals surface area (Å²) in [5.41, 5.74) is 2.57. The predicted molar refractivity (Wildman–Crippen MR) is 235 cm³/mol. The highest BCUT2D eigenvalue weighted by Crippen LogP contribution is 2.32. The maximum absolute atomic E-state index is 13.6. The van der Waals surface area contributed by atoms with Gasteiger partial charge in [-0.05, 0) is 72.5 Å². The molecule has 2 aliphatic rings. The Labute approximate surface area is 360 Å². The van der Waals surface area contributed by atoms with E-state index in [-0.39, 0.29) is 23.3 Å². The number of hydrogen-bond acceptors (Lipinski definition) is 15. The number of benzene rings is 3. The van der Waals surface area contributed by atoms with Crippen molar-refractivity contribution in [2.24, 2.45) is 0 Å². The number of ether oxygens (including phenoxy) is 1. The lowest BCUT2D eigenvalue weighted by Gasteiger charge is -2.31. The maximum Gasteiger partial charge on any atom is 0.293 e. The number of carbonyl (C=O) groups excluding carboxylic acids is 2. The minimum Gasteiger partial charge on any atom is -0.379 e. The molecule has 314 valence electrons. The van der Waals surface area contributed by atoms with Crippen LogP contribution in [0.2, 0.25) is 0 Å². The summed E-state index contributed by atoms with van der Waals surface area (Å²) >= 11 is 2.95. The van der Waals surface area contributed by atoms with E-state index >= 15 is 0 Å². The lowest BCUT2D eigenvalue weighted by atomic mass is 9.94. The normalized spacial score (nSPS) is 14.9. The molecule has 0 spiro atoms. The van der Waals surface area contributed by atoms with Gasteiger partial charge in [-0.25, -0.2) is 23.1 Å².